The lowest BCUT2D eigenvalue weighted by molar-refractivity contribution is 0.841. The molecule has 0 aliphatic heterocycles. The molecule has 0 fully saturated rings. The lowest BCUT2D eigenvalue weighted by Crippen LogP contribution is -1.97. The standard InChI is InChI=1S/C15H24S/c1-4-7-12-10-13(8-5-2)15(16)14(11-12)9-6-3/h10-11,16H,4-9H2,1-3H3. The average Bonchev–Trinajstić information content (AvgIpc) is 2.26. The zero-order chi connectivity index (χ0) is 12.0. The van der Waals surface area contributed by atoms with Crippen molar-refractivity contribution in [2.75, 3.05) is 0 Å². The topological polar surface area (TPSA) is 0 Å². The Kier molecular flexibility index (Phi) is 5.97. The fourth-order valence-electron chi connectivity index (χ4n) is 2.19. The molecule has 0 saturated carbocycles. The highest BCUT2D eigenvalue weighted by molar-refractivity contribution is 7.80. The summed E-state index contributed by atoms with van der Waals surface area (Å²) in [7, 11) is 0. The molecule has 0 radical (unpaired) electrons. The Balaban J connectivity index is 3.05. The summed E-state index contributed by atoms with van der Waals surface area (Å²) in [6.45, 7) is 6.71. The Hall–Kier alpha value is -0.430. The fourth-order valence-corrected chi connectivity index (χ4v) is 2.54. The van der Waals surface area contributed by atoms with Gasteiger partial charge in [0.2, 0.25) is 0 Å². The summed E-state index contributed by atoms with van der Waals surface area (Å²) in [6.07, 6.45) is 7.15. The number of rotatable bonds is 6. The SMILES string of the molecule is CCCc1cc(CCC)c(S)c(CCC)c1. The molecule has 0 N–H and O–H groups in total. The van der Waals surface area contributed by atoms with Gasteiger partial charge in [-0.25, -0.2) is 0 Å². The minimum atomic E-state index is 1.16. The van der Waals surface area contributed by atoms with Crippen molar-refractivity contribution in [2.45, 2.75) is 64.2 Å². The molecule has 1 aromatic carbocycles. The summed E-state index contributed by atoms with van der Waals surface area (Å²) in [5, 5.41) is 0. The predicted molar refractivity (Wildman–Crippen MR) is 75.7 cm³/mol. The van der Waals surface area contributed by atoms with Crippen LogP contribution < -0.4 is 0 Å². The van der Waals surface area contributed by atoms with E-state index in [-0.39, 0.29) is 0 Å². The van der Waals surface area contributed by atoms with Gasteiger partial charge in [0.1, 0.15) is 0 Å². The van der Waals surface area contributed by atoms with Crippen LogP contribution in [-0.2, 0) is 19.3 Å². The Bertz CT molecular complexity index is 301. The molecule has 0 heterocycles. The second-order valence-electron chi connectivity index (χ2n) is 4.51. The molecule has 90 valence electrons. The molecule has 0 aromatic heterocycles. The predicted octanol–water partition coefficient (Wildman–Crippen LogP) is 4.83. The quantitative estimate of drug-likeness (QED) is 0.672. The molecule has 0 aliphatic rings. The minimum absolute atomic E-state index is 1.16. The smallest absolute Gasteiger partial charge is 0.0104 e. The molecule has 0 amide bonds. The summed E-state index contributed by atoms with van der Waals surface area (Å²) >= 11 is 4.69. The summed E-state index contributed by atoms with van der Waals surface area (Å²) in [6, 6.07) is 4.71. The maximum absolute atomic E-state index is 4.69. The van der Waals surface area contributed by atoms with Crippen molar-refractivity contribution in [3.05, 3.63) is 28.8 Å². The van der Waals surface area contributed by atoms with E-state index in [4.69, 9.17) is 12.6 Å². The molecule has 0 unspecified atom stereocenters. The highest BCUT2D eigenvalue weighted by Crippen LogP contribution is 2.25. The highest BCUT2D eigenvalue weighted by atomic mass is 32.1. The maximum Gasteiger partial charge on any atom is 0.0104 e. The van der Waals surface area contributed by atoms with Gasteiger partial charge in [-0.05, 0) is 36.0 Å². The van der Waals surface area contributed by atoms with Crippen molar-refractivity contribution >= 4 is 12.6 Å². The van der Waals surface area contributed by atoms with E-state index in [9.17, 15) is 0 Å². The first kappa shape index (κ1) is 13.6. The number of hydrogen-bond donors (Lipinski definition) is 1. The van der Waals surface area contributed by atoms with E-state index < -0.39 is 0 Å². The van der Waals surface area contributed by atoms with Crippen molar-refractivity contribution in [3.63, 3.8) is 0 Å². The Morgan fingerprint density at radius 3 is 1.62 bits per heavy atom. The summed E-state index contributed by atoms with van der Waals surface area (Å²) in [5.74, 6) is 0. The second-order valence-corrected chi connectivity index (χ2v) is 4.96. The summed E-state index contributed by atoms with van der Waals surface area (Å²) in [5.41, 5.74) is 4.38. The van der Waals surface area contributed by atoms with Crippen LogP contribution in [-0.4, -0.2) is 0 Å². The van der Waals surface area contributed by atoms with Gasteiger partial charge in [-0.15, -0.1) is 12.6 Å². The van der Waals surface area contributed by atoms with Crippen molar-refractivity contribution in [1.29, 1.82) is 0 Å². The molecular weight excluding hydrogens is 212 g/mol. The van der Waals surface area contributed by atoms with Crippen LogP contribution in [0.15, 0.2) is 17.0 Å². The van der Waals surface area contributed by atoms with E-state index in [0.29, 0.717) is 0 Å². The molecule has 16 heavy (non-hydrogen) atoms. The fraction of sp³-hybridized carbons (Fsp3) is 0.600. The van der Waals surface area contributed by atoms with Gasteiger partial charge in [0.15, 0.2) is 0 Å². The third-order valence-electron chi connectivity index (χ3n) is 2.90. The summed E-state index contributed by atoms with van der Waals surface area (Å²) < 4.78 is 0. The van der Waals surface area contributed by atoms with Gasteiger partial charge in [-0.1, -0.05) is 52.2 Å². The first-order valence-corrected chi connectivity index (χ1v) is 7.01. The monoisotopic (exact) mass is 236 g/mol. The van der Waals surface area contributed by atoms with Gasteiger partial charge in [0.25, 0.3) is 0 Å². The first-order chi connectivity index (χ1) is 7.72. The molecule has 1 aromatic rings. The molecule has 0 bridgehead atoms. The largest absolute Gasteiger partial charge is 0.143 e. The zero-order valence-electron chi connectivity index (χ0n) is 10.8. The first-order valence-electron chi connectivity index (χ1n) is 6.56. The Labute approximate surface area is 106 Å². The van der Waals surface area contributed by atoms with Crippen LogP contribution >= 0.6 is 12.6 Å². The normalized spacial score (nSPS) is 10.8. The number of hydrogen-bond acceptors (Lipinski definition) is 1. The average molecular weight is 236 g/mol. The molecule has 0 atom stereocenters. The van der Waals surface area contributed by atoms with Crippen LogP contribution in [0.4, 0.5) is 0 Å². The third-order valence-corrected chi connectivity index (χ3v) is 3.48. The number of benzene rings is 1. The zero-order valence-corrected chi connectivity index (χ0v) is 11.7. The lowest BCUT2D eigenvalue weighted by atomic mass is 9.97. The second kappa shape index (κ2) is 7.01. The van der Waals surface area contributed by atoms with Crippen molar-refractivity contribution in [1.82, 2.24) is 0 Å². The number of aryl methyl sites for hydroxylation is 3. The van der Waals surface area contributed by atoms with E-state index in [0.717, 1.165) is 12.8 Å². The van der Waals surface area contributed by atoms with Crippen LogP contribution in [0.3, 0.4) is 0 Å². The van der Waals surface area contributed by atoms with Gasteiger partial charge in [-0.3, -0.25) is 0 Å². The maximum atomic E-state index is 4.69. The van der Waals surface area contributed by atoms with Crippen LogP contribution in [0.25, 0.3) is 0 Å². The van der Waals surface area contributed by atoms with E-state index in [1.165, 1.54) is 47.3 Å². The van der Waals surface area contributed by atoms with Crippen molar-refractivity contribution in [3.8, 4) is 0 Å². The molecule has 0 aliphatic carbocycles. The van der Waals surface area contributed by atoms with Crippen LogP contribution in [0.1, 0.15) is 56.7 Å². The van der Waals surface area contributed by atoms with Crippen molar-refractivity contribution < 1.29 is 0 Å². The van der Waals surface area contributed by atoms with Crippen molar-refractivity contribution in [2.24, 2.45) is 0 Å². The molecular formula is C15H24S. The molecule has 0 saturated heterocycles. The highest BCUT2D eigenvalue weighted by Gasteiger charge is 2.06. The van der Waals surface area contributed by atoms with Gasteiger partial charge in [0.05, 0.1) is 0 Å². The number of thiol groups is 1. The van der Waals surface area contributed by atoms with Crippen LogP contribution in [0.5, 0.6) is 0 Å². The van der Waals surface area contributed by atoms with E-state index >= 15 is 0 Å². The molecule has 0 nitrogen and oxygen atoms in total. The third kappa shape index (κ3) is 3.55. The minimum Gasteiger partial charge on any atom is -0.143 e. The Morgan fingerprint density at radius 1 is 0.812 bits per heavy atom. The molecule has 0 spiro atoms. The lowest BCUT2D eigenvalue weighted by Gasteiger charge is -2.13. The van der Waals surface area contributed by atoms with E-state index in [2.05, 4.69) is 32.9 Å². The van der Waals surface area contributed by atoms with Crippen LogP contribution in [0.2, 0.25) is 0 Å². The van der Waals surface area contributed by atoms with Crippen LogP contribution in [0, 0.1) is 0 Å². The summed E-state index contributed by atoms with van der Waals surface area (Å²) in [4.78, 5) is 1.24. The van der Waals surface area contributed by atoms with E-state index in [1.807, 2.05) is 0 Å². The van der Waals surface area contributed by atoms with Gasteiger partial charge in [0, 0.05) is 4.90 Å². The van der Waals surface area contributed by atoms with Gasteiger partial charge >= 0.3 is 0 Å². The van der Waals surface area contributed by atoms with Gasteiger partial charge in [-0.2, -0.15) is 0 Å². The molecule has 1 rings (SSSR count). The van der Waals surface area contributed by atoms with E-state index in [1.54, 1.807) is 0 Å². The Morgan fingerprint density at radius 2 is 1.25 bits per heavy atom. The van der Waals surface area contributed by atoms with Gasteiger partial charge < -0.3 is 0 Å². The molecule has 1 heteroatoms.